The lowest BCUT2D eigenvalue weighted by atomic mass is 10.1. The highest BCUT2D eigenvalue weighted by Crippen LogP contribution is 2.21. The van der Waals surface area contributed by atoms with Crippen LogP contribution in [0.25, 0.3) is 0 Å². The molecule has 0 aliphatic carbocycles. The largest absolute Gasteiger partial charge is 0.459 e. The summed E-state index contributed by atoms with van der Waals surface area (Å²) in [7, 11) is 0. The number of nitro benzene ring substituents is 1. The zero-order chi connectivity index (χ0) is 13.8. The van der Waals surface area contributed by atoms with Crippen molar-refractivity contribution in [2.24, 2.45) is 0 Å². The zero-order valence-corrected chi connectivity index (χ0v) is 10.2. The highest BCUT2D eigenvalue weighted by atomic mass is 16.6. The third-order valence-electron chi connectivity index (χ3n) is 2.89. The van der Waals surface area contributed by atoms with Gasteiger partial charge in [-0.25, -0.2) is 4.79 Å². The molecule has 1 fully saturated rings. The van der Waals surface area contributed by atoms with Crippen LogP contribution >= 0.6 is 0 Å². The van der Waals surface area contributed by atoms with Gasteiger partial charge in [0.25, 0.3) is 5.69 Å². The van der Waals surface area contributed by atoms with Crippen molar-refractivity contribution in [1.82, 2.24) is 0 Å². The summed E-state index contributed by atoms with van der Waals surface area (Å²) in [5, 5.41) is 10.6. The quantitative estimate of drug-likeness (QED) is 0.383. The van der Waals surface area contributed by atoms with Crippen LogP contribution in [0.15, 0.2) is 18.2 Å². The van der Waals surface area contributed by atoms with Crippen LogP contribution in [0.5, 0.6) is 0 Å². The van der Waals surface area contributed by atoms with Crippen molar-refractivity contribution in [3.05, 3.63) is 33.9 Å². The van der Waals surface area contributed by atoms with Gasteiger partial charge in [-0.1, -0.05) is 0 Å². The molecule has 2 rings (SSSR count). The van der Waals surface area contributed by atoms with E-state index in [1.165, 1.54) is 12.1 Å². The van der Waals surface area contributed by atoms with Crippen molar-refractivity contribution in [1.29, 1.82) is 0 Å². The normalized spacial score (nSPS) is 18.2. The molecule has 1 heterocycles. The van der Waals surface area contributed by atoms with E-state index < -0.39 is 10.9 Å². The Morgan fingerprint density at radius 3 is 2.95 bits per heavy atom. The molecule has 1 aliphatic heterocycles. The number of nitrogens with two attached hydrogens (primary N) is 1. The summed E-state index contributed by atoms with van der Waals surface area (Å²) in [5.74, 6) is -0.595. The summed E-state index contributed by atoms with van der Waals surface area (Å²) in [4.78, 5) is 21.8. The molecule has 1 atom stereocenters. The number of carbonyl (C=O) groups excluding carboxylic acids is 1. The fraction of sp³-hybridized carbons (Fsp3) is 0.417. The van der Waals surface area contributed by atoms with Gasteiger partial charge in [0, 0.05) is 18.7 Å². The second-order valence-electron chi connectivity index (χ2n) is 4.26. The number of hydrogen-bond donors (Lipinski definition) is 1. The number of nitro groups is 1. The smallest absolute Gasteiger partial charge is 0.340 e. The minimum Gasteiger partial charge on any atom is -0.459 e. The van der Waals surface area contributed by atoms with Crippen molar-refractivity contribution >= 4 is 17.3 Å². The van der Waals surface area contributed by atoms with E-state index in [4.69, 9.17) is 15.2 Å². The van der Waals surface area contributed by atoms with E-state index in [2.05, 4.69) is 0 Å². The number of non-ortho nitro benzene ring substituents is 1. The van der Waals surface area contributed by atoms with E-state index in [1.807, 2.05) is 0 Å². The topological polar surface area (TPSA) is 105 Å². The molecule has 1 aromatic rings. The van der Waals surface area contributed by atoms with Crippen LogP contribution in [0.4, 0.5) is 11.4 Å². The maximum Gasteiger partial charge on any atom is 0.340 e. The number of hydrogen-bond acceptors (Lipinski definition) is 6. The Balaban J connectivity index is 2.00. The molecule has 7 nitrogen and oxygen atoms in total. The van der Waals surface area contributed by atoms with Crippen LogP contribution in [0.3, 0.4) is 0 Å². The molecule has 2 N–H and O–H groups in total. The molecule has 102 valence electrons. The van der Waals surface area contributed by atoms with Crippen molar-refractivity contribution in [3.63, 3.8) is 0 Å². The monoisotopic (exact) mass is 266 g/mol. The molecule has 0 saturated carbocycles. The minimum atomic E-state index is -0.595. The van der Waals surface area contributed by atoms with Crippen LogP contribution < -0.4 is 5.73 Å². The highest BCUT2D eigenvalue weighted by Gasteiger charge is 2.20. The van der Waals surface area contributed by atoms with Crippen molar-refractivity contribution in [2.45, 2.75) is 18.9 Å². The Kier molecular flexibility index (Phi) is 3.96. The first-order valence-corrected chi connectivity index (χ1v) is 5.90. The van der Waals surface area contributed by atoms with Gasteiger partial charge in [-0.15, -0.1) is 0 Å². The van der Waals surface area contributed by atoms with Crippen LogP contribution in [-0.2, 0) is 9.47 Å². The predicted octanol–water partition coefficient (Wildman–Crippen LogP) is 1.51. The molecule has 19 heavy (non-hydrogen) atoms. The molecular formula is C12H14N2O5. The van der Waals surface area contributed by atoms with E-state index >= 15 is 0 Å². The molecule has 1 unspecified atom stereocenters. The van der Waals surface area contributed by atoms with Gasteiger partial charge in [0.05, 0.1) is 22.3 Å². The zero-order valence-electron chi connectivity index (χ0n) is 10.2. The molecule has 1 aromatic carbocycles. The number of anilines is 1. The Labute approximate surface area is 109 Å². The first-order chi connectivity index (χ1) is 9.08. The highest BCUT2D eigenvalue weighted by molar-refractivity contribution is 5.95. The Morgan fingerprint density at radius 2 is 2.37 bits per heavy atom. The van der Waals surface area contributed by atoms with Crippen molar-refractivity contribution < 1.29 is 19.2 Å². The molecule has 1 saturated heterocycles. The summed E-state index contributed by atoms with van der Waals surface area (Å²) in [6, 6.07) is 3.66. The third-order valence-corrected chi connectivity index (χ3v) is 2.89. The van der Waals surface area contributed by atoms with E-state index in [0.717, 1.165) is 18.9 Å². The molecule has 0 spiro atoms. The second-order valence-corrected chi connectivity index (χ2v) is 4.26. The summed E-state index contributed by atoms with van der Waals surface area (Å²) < 4.78 is 10.4. The summed E-state index contributed by atoms with van der Waals surface area (Å²) in [5.41, 5.74) is 5.61. The lowest BCUT2D eigenvalue weighted by molar-refractivity contribution is -0.384. The maximum absolute atomic E-state index is 11.8. The van der Waals surface area contributed by atoms with E-state index in [0.29, 0.717) is 6.61 Å². The first kappa shape index (κ1) is 13.3. The fourth-order valence-corrected chi connectivity index (χ4v) is 1.87. The van der Waals surface area contributed by atoms with Gasteiger partial charge in [-0.2, -0.15) is 0 Å². The number of nitrogen functional groups attached to an aromatic ring is 1. The maximum atomic E-state index is 11.8. The van der Waals surface area contributed by atoms with Gasteiger partial charge in [0.1, 0.15) is 6.61 Å². The Bertz CT molecular complexity index is 497. The van der Waals surface area contributed by atoms with Crippen LogP contribution in [0.2, 0.25) is 0 Å². The van der Waals surface area contributed by atoms with Gasteiger partial charge in [0.2, 0.25) is 0 Å². The molecule has 1 aliphatic rings. The van der Waals surface area contributed by atoms with Crippen LogP contribution in [0, 0.1) is 10.1 Å². The lowest BCUT2D eigenvalue weighted by Crippen LogP contribution is -2.18. The van der Waals surface area contributed by atoms with E-state index in [9.17, 15) is 14.9 Å². The lowest BCUT2D eigenvalue weighted by Gasteiger charge is -2.11. The van der Waals surface area contributed by atoms with Gasteiger partial charge in [-0.05, 0) is 18.9 Å². The molecule has 0 aromatic heterocycles. The van der Waals surface area contributed by atoms with Gasteiger partial charge in [-0.3, -0.25) is 10.1 Å². The van der Waals surface area contributed by atoms with Crippen LogP contribution in [-0.4, -0.2) is 30.2 Å². The average molecular weight is 266 g/mol. The van der Waals surface area contributed by atoms with Gasteiger partial charge in [0.15, 0.2) is 0 Å². The van der Waals surface area contributed by atoms with Crippen molar-refractivity contribution in [2.75, 3.05) is 18.9 Å². The third kappa shape index (κ3) is 3.19. The number of carbonyl (C=O) groups is 1. The minimum absolute atomic E-state index is 0.0338. The average Bonchev–Trinajstić information content (AvgIpc) is 2.88. The standard InChI is InChI=1S/C12H14N2O5/c13-11-6-8(14(16)17)3-4-10(11)12(15)19-7-9-2-1-5-18-9/h3-4,6,9H,1-2,5,7,13H2. The molecule has 7 heteroatoms. The summed E-state index contributed by atoms with van der Waals surface area (Å²) in [6.45, 7) is 0.858. The second kappa shape index (κ2) is 5.66. The number of esters is 1. The van der Waals surface area contributed by atoms with Gasteiger partial charge >= 0.3 is 5.97 Å². The summed E-state index contributed by atoms with van der Waals surface area (Å²) >= 11 is 0. The fourth-order valence-electron chi connectivity index (χ4n) is 1.87. The number of ether oxygens (including phenoxy) is 2. The number of rotatable bonds is 4. The number of nitrogens with zero attached hydrogens (tertiary/aromatic N) is 1. The van der Waals surface area contributed by atoms with E-state index in [-0.39, 0.29) is 29.6 Å². The molecular weight excluding hydrogens is 252 g/mol. The summed E-state index contributed by atoms with van der Waals surface area (Å²) in [6.07, 6.45) is 1.76. The Morgan fingerprint density at radius 1 is 1.58 bits per heavy atom. The molecule has 0 amide bonds. The van der Waals surface area contributed by atoms with Crippen molar-refractivity contribution in [3.8, 4) is 0 Å². The molecule has 0 radical (unpaired) electrons. The predicted molar refractivity (Wildman–Crippen MR) is 66.8 cm³/mol. The van der Waals surface area contributed by atoms with E-state index in [1.54, 1.807) is 0 Å². The van der Waals surface area contributed by atoms with Gasteiger partial charge < -0.3 is 15.2 Å². The SMILES string of the molecule is Nc1cc([N+](=O)[O-])ccc1C(=O)OCC1CCCO1. The number of benzene rings is 1. The molecule has 0 bridgehead atoms. The van der Waals surface area contributed by atoms with Crippen LogP contribution in [0.1, 0.15) is 23.2 Å². The Hall–Kier alpha value is -2.15. The first-order valence-electron chi connectivity index (χ1n) is 5.90.